The van der Waals surface area contributed by atoms with Gasteiger partial charge in [-0.1, -0.05) is 70.1 Å². The first-order valence-corrected chi connectivity index (χ1v) is 11.8. The van der Waals surface area contributed by atoms with E-state index in [2.05, 4.69) is 11.7 Å². The number of carbonyl (C=O) groups excluding carboxylic acids is 1. The van der Waals surface area contributed by atoms with Crippen LogP contribution in [0.2, 0.25) is 0 Å². The molecule has 180 valence electrons. The fraction of sp³-hybridized carbons (Fsp3) is 0.481. The van der Waals surface area contributed by atoms with E-state index in [9.17, 15) is 19.8 Å². The van der Waals surface area contributed by atoms with Gasteiger partial charge in [0.25, 0.3) is 0 Å². The Morgan fingerprint density at radius 3 is 2.09 bits per heavy atom. The molecule has 0 fully saturated rings. The minimum absolute atomic E-state index is 0.186. The molecule has 2 aromatic carbocycles. The molecule has 0 saturated carbocycles. The van der Waals surface area contributed by atoms with Crippen LogP contribution in [-0.4, -0.2) is 35.9 Å². The molecule has 0 aliphatic rings. The SMILES string of the molecule is CCCCCCCCCCOc1ccc(C(O)c2ccc(C(=O)OC)cc2)cc1CC(=O)O. The maximum atomic E-state index is 11.6. The van der Waals surface area contributed by atoms with E-state index in [1.807, 2.05) is 0 Å². The molecule has 6 nitrogen and oxygen atoms in total. The number of aliphatic hydroxyl groups is 1. The van der Waals surface area contributed by atoms with Crippen molar-refractivity contribution in [2.24, 2.45) is 0 Å². The van der Waals surface area contributed by atoms with Crippen molar-refractivity contribution in [3.63, 3.8) is 0 Å². The Bertz CT molecular complexity index is 875. The van der Waals surface area contributed by atoms with Crippen LogP contribution in [0, 0.1) is 0 Å². The molecule has 1 unspecified atom stereocenters. The predicted octanol–water partition coefficient (Wildman–Crippen LogP) is 5.70. The average Bonchev–Trinajstić information content (AvgIpc) is 2.82. The Labute approximate surface area is 196 Å². The molecule has 2 rings (SSSR count). The number of rotatable bonds is 15. The Morgan fingerprint density at radius 2 is 1.48 bits per heavy atom. The second-order valence-corrected chi connectivity index (χ2v) is 8.28. The molecule has 33 heavy (non-hydrogen) atoms. The maximum Gasteiger partial charge on any atom is 0.337 e. The second-order valence-electron chi connectivity index (χ2n) is 8.28. The van der Waals surface area contributed by atoms with Gasteiger partial charge in [0.2, 0.25) is 0 Å². The van der Waals surface area contributed by atoms with Crippen molar-refractivity contribution in [2.75, 3.05) is 13.7 Å². The van der Waals surface area contributed by atoms with E-state index in [0.29, 0.717) is 34.6 Å². The second kappa shape index (κ2) is 14.3. The standard InChI is InChI=1S/C27H36O6/c1-3-4-5-6-7-8-9-10-17-33-24-16-15-22(18-23(24)19-25(28)29)26(30)20-11-13-21(14-12-20)27(31)32-2/h11-16,18,26,30H,3-10,17,19H2,1-2H3,(H,28,29). The maximum absolute atomic E-state index is 11.6. The van der Waals surface area contributed by atoms with Gasteiger partial charge in [-0.25, -0.2) is 4.79 Å². The molecule has 6 heteroatoms. The highest BCUT2D eigenvalue weighted by atomic mass is 16.5. The summed E-state index contributed by atoms with van der Waals surface area (Å²) in [5, 5.41) is 20.1. The van der Waals surface area contributed by atoms with E-state index in [0.717, 1.165) is 12.8 Å². The van der Waals surface area contributed by atoms with Crippen LogP contribution in [0.1, 0.15) is 91.4 Å². The van der Waals surface area contributed by atoms with Crippen molar-refractivity contribution in [1.29, 1.82) is 0 Å². The molecule has 0 bridgehead atoms. The molecule has 0 aliphatic carbocycles. The first-order chi connectivity index (χ1) is 16.0. The molecule has 0 saturated heterocycles. The summed E-state index contributed by atoms with van der Waals surface area (Å²) in [5.74, 6) is -0.865. The fourth-order valence-electron chi connectivity index (χ4n) is 3.74. The van der Waals surface area contributed by atoms with E-state index in [1.54, 1.807) is 42.5 Å². The molecular formula is C27H36O6. The summed E-state index contributed by atoms with van der Waals surface area (Å²) in [6, 6.07) is 11.6. The third-order valence-electron chi connectivity index (χ3n) is 5.64. The van der Waals surface area contributed by atoms with Crippen LogP contribution in [0.15, 0.2) is 42.5 Å². The number of esters is 1. The largest absolute Gasteiger partial charge is 0.493 e. The zero-order valence-electron chi connectivity index (χ0n) is 19.7. The molecule has 1 atom stereocenters. The van der Waals surface area contributed by atoms with Crippen molar-refractivity contribution in [3.8, 4) is 5.75 Å². The van der Waals surface area contributed by atoms with E-state index in [4.69, 9.17) is 4.74 Å². The summed E-state index contributed by atoms with van der Waals surface area (Å²) in [6.45, 7) is 2.76. The van der Waals surface area contributed by atoms with Crippen molar-refractivity contribution in [3.05, 3.63) is 64.7 Å². The third kappa shape index (κ3) is 8.89. The minimum atomic E-state index is -0.957. The number of unbranched alkanes of at least 4 members (excludes halogenated alkanes) is 7. The number of carbonyl (C=O) groups is 2. The lowest BCUT2D eigenvalue weighted by atomic mass is 9.97. The third-order valence-corrected chi connectivity index (χ3v) is 5.64. The van der Waals surface area contributed by atoms with Gasteiger partial charge in [-0.15, -0.1) is 0 Å². The quantitative estimate of drug-likeness (QED) is 0.264. The van der Waals surface area contributed by atoms with Gasteiger partial charge < -0.3 is 19.7 Å². The zero-order valence-corrected chi connectivity index (χ0v) is 19.7. The summed E-state index contributed by atoms with van der Waals surface area (Å²) in [4.78, 5) is 23.0. The van der Waals surface area contributed by atoms with Crippen LogP contribution < -0.4 is 4.74 Å². The highest BCUT2D eigenvalue weighted by Crippen LogP contribution is 2.28. The van der Waals surface area contributed by atoms with Gasteiger partial charge in [0, 0.05) is 5.56 Å². The molecule has 2 aromatic rings. The number of benzene rings is 2. The molecule has 0 aromatic heterocycles. The monoisotopic (exact) mass is 456 g/mol. The van der Waals surface area contributed by atoms with Crippen molar-refractivity contribution in [2.45, 2.75) is 70.8 Å². The minimum Gasteiger partial charge on any atom is -0.493 e. The lowest BCUT2D eigenvalue weighted by molar-refractivity contribution is -0.136. The molecule has 0 amide bonds. The van der Waals surface area contributed by atoms with Gasteiger partial charge in [0.15, 0.2) is 0 Å². The predicted molar refractivity (Wildman–Crippen MR) is 128 cm³/mol. The first kappa shape index (κ1) is 26.4. The Balaban J connectivity index is 1.97. The molecule has 0 heterocycles. The van der Waals surface area contributed by atoms with E-state index in [1.165, 1.54) is 45.6 Å². The summed E-state index contributed by atoms with van der Waals surface area (Å²) in [7, 11) is 1.31. The Kier molecular flexibility index (Phi) is 11.5. The molecule has 0 aliphatic heterocycles. The molecule has 0 spiro atoms. The Morgan fingerprint density at radius 1 is 0.879 bits per heavy atom. The zero-order chi connectivity index (χ0) is 24.1. The van der Waals surface area contributed by atoms with Crippen LogP contribution in [0.25, 0.3) is 0 Å². The number of carboxylic acids is 1. The molecular weight excluding hydrogens is 420 g/mol. The van der Waals surface area contributed by atoms with Crippen molar-refractivity contribution >= 4 is 11.9 Å². The smallest absolute Gasteiger partial charge is 0.337 e. The van der Waals surface area contributed by atoms with Crippen LogP contribution >= 0.6 is 0 Å². The first-order valence-electron chi connectivity index (χ1n) is 11.8. The van der Waals surface area contributed by atoms with E-state index < -0.39 is 18.0 Å². The van der Waals surface area contributed by atoms with Gasteiger partial charge in [0.05, 0.1) is 25.7 Å². The highest BCUT2D eigenvalue weighted by Gasteiger charge is 2.16. The number of carboxylic acid groups (broad SMARTS) is 1. The van der Waals surface area contributed by atoms with Crippen LogP contribution in [0.4, 0.5) is 0 Å². The van der Waals surface area contributed by atoms with Gasteiger partial charge >= 0.3 is 11.9 Å². The number of hydrogen-bond donors (Lipinski definition) is 2. The summed E-state index contributed by atoms with van der Waals surface area (Å²) in [6.07, 6.45) is 8.47. The van der Waals surface area contributed by atoms with E-state index in [-0.39, 0.29) is 6.42 Å². The lowest BCUT2D eigenvalue weighted by Gasteiger charge is -2.16. The van der Waals surface area contributed by atoms with Crippen LogP contribution in [0.5, 0.6) is 5.75 Å². The molecule has 2 N–H and O–H groups in total. The molecule has 0 radical (unpaired) electrons. The highest BCUT2D eigenvalue weighted by molar-refractivity contribution is 5.89. The number of aliphatic hydroxyl groups excluding tert-OH is 1. The topological polar surface area (TPSA) is 93.1 Å². The normalized spacial score (nSPS) is 11.7. The van der Waals surface area contributed by atoms with Gasteiger partial charge in [-0.3, -0.25) is 4.79 Å². The lowest BCUT2D eigenvalue weighted by Crippen LogP contribution is -2.08. The van der Waals surface area contributed by atoms with Crippen molar-refractivity contribution < 1.29 is 29.3 Å². The van der Waals surface area contributed by atoms with Gasteiger partial charge in [-0.05, 0) is 41.8 Å². The Hall–Kier alpha value is -2.86. The average molecular weight is 457 g/mol. The van der Waals surface area contributed by atoms with E-state index >= 15 is 0 Å². The van der Waals surface area contributed by atoms with Gasteiger partial charge in [-0.2, -0.15) is 0 Å². The number of methoxy groups -OCH3 is 1. The summed E-state index contributed by atoms with van der Waals surface area (Å²) >= 11 is 0. The van der Waals surface area contributed by atoms with Gasteiger partial charge in [0.1, 0.15) is 11.9 Å². The van der Waals surface area contributed by atoms with Crippen LogP contribution in [-0.2, 0) is 16.0 Å². The summed E-state index contributed by atoms with van der Waals surface area (Å²) < 4.78 is 10.6. The number of ether oxygens (including phenoxy) is 2. The number of hydrogen-bond acceptors (Lipinski definition) is 5. The van der Waals surface area contributed by atoms with Crippen LogP contribution in [0.3, 0.4) is 0 Å². The summed E-state index contributed by atoms with van der Waals surface area (Å²) in [5.41, 5.74) is 2.09. The van der Waals surface area contributed by atoms with Crippen molar-refractivity contribution in [1.82, 2.24) is 0 Å². The fourth-order valence-corrected chi connectivity index (χ4v) is 3.74. The number of aliphatic carboxylic acids is 1.